The predicted octanol–water partition coefficient (Wildman–Crippen LogP) is 2.58. The Morgan fingerprint density at radius 1 is 1.43 bits per heavy atom. The molecule has 0 aliphatic rings. The minimum atomic E-state index is -1.35. The van der Waals surface area contributed by atoms with Gasteiger partial charge in [-0.3, -0.25) is 14.9 Å². The Bertz CT molecular complexity index is 613. The Balaban J connectivity index is 3.41. The van der Waals surface area contributed by atoms with Crippen LogP contribution in [-0.2, 0) is 19.1 Å². The monoisotopic (exact) mass is 313 g/mol. The van der Waals surface area contributed by atoms with E-state index in [1.165, 1.54) is 12.1 Å². The minimum absolute atomic E-state index is 0.0573. The summed E-state index contributed by atoms with van der Waals surface area (Å²) in [5.41, 5.74) is -0.660. The SMILES string of the molecule is C=C(C(=O)OC)C(OC(C)=O)c1cc(Cl)ccc1[N+](=O)[O-]. The Labute approximate surface area is 125 Å². The highest BCUT2D eigenvalue weighted by atomic mass is 35.5. The summed E-state index contributed by atoms with van der Waals surface area (Å²) in [7, 11) is 1.12. The van der Waals surface area contributed by atoms with Crippen molar-refractivity contribution in [3.05, 3.63) is 51.1 Å². The van der Waals surface area contributed by atoms with Crippen molar-refractivity contribution in [2.45, 2.75) is 13.0 Å². The van der Waals surface area contributed by atoms with E-state index >= 15 is 0 Å². The molecule has 0 saturated heterocycles. The normalized spacial score (nSPS) is 11.4. The number of esters is 2. The van der Waals surface area contributed by atoms with Gasteiger partial charge in [-0.25, -0.2) is 4.79 Å². The summed E-state index contributed by atoms with van der Waals surface area (Å²) in [5, 5.41) is 11.2. The maximum Gasteiger partial charge on any atom is 0.337 e. The van der Waals surface area contributed by atoms with Crippen LogP contribution in [0.2, 0.25) is 5.02 Å². The molecule has 0 heterocycles. The molecule has 112 valence electrons. The van der Waals surface area contributed by atoms with E-state index in [4.69, 9.17) is 16.3 Å². The van der Waals surface area contributed by atoms with Gasteiger partial charge in [0, 0.05) is 18.0 Å². The molecule has 21 heavy (non-hydrogen) atoms. The Morgan fingerprint density at radius 3 is 2.52 bits per heavy atom. The third-order valence-electron chi connectivity index (χ3n) is 2.52. The summed E-state index contributed by atoms with van der Waals surface area (Å²) in [5.74, 6) is -1.59. The van der Waals surface area contributed by atoms with Crippen molar-refractivity contribution in [1.29, 1.82) is 0 Å². The van der Waals surface area contributed by atoms with Crippen molar-refractivity contribution in [2.24, 2.45) is 0 Å². The Morgan fingerprint density at radius 2 is 2.05 bits per heavy atom. The molecule has 0 aliphatic carbocycles. The number of carbonyl (C=O) groups is 2. The van der Waals surface area contributed by atoms with E-state index in [2.05, 4.69) is 11.3 Å². The second-order valence-corrected chi connectivity index (χ2v) is 4.40. The van der Waals surface area contributed by atoms with E-state index in [1.807, 2.05) is 0 Å². The van der Waals surface area contributed by atoms with Gasteiger partial charge in [-0.05, 0) is 12.1 Å². The number of hydrogen-bond donors (Lipinski definition) is 0. The van der Waals surface area contributed by atoms with Crippen LogP contribution in [0.25, 0.3) is 0 Å². The average molecular weight is 314 g/mol. The van der Waals surface area contributed by atoms with Crippen molar-refractivity contribution >= 4 is 29.2 Å². The lowest BCUT2D eigenvalue weighted by Gasteiger charge is -2.18. The van der Waals surface area contributed by atoms with Crippen LogP contribution in [0, 0.1) is 10.1 Å². The second kappa shape index (κ2) is 6.85. The zero-order valence-electron chi connectivity index (χ0n) is 11.3. The van der Waals surface area contributed by atoms with Crippen LogP contribution >= 0.6 is 11.6 Å². The molecule has 0 saturated carbocycles. The fourth-order valence-electron chi connectivity index (χ4n) is 1.63. The quantitative estimate of drug-likeness (QED) is 0.359. The molecule has 1 aromatic carbocycles. The van der Waals surface area contributed by atoms with E-state index < -0.39 is 23.0 Å². The molecule has 0 spiro atoms. The van der Waals surface area contributed by atoms with Gasteiger partial charge in [0.1, 0.15) is 0 Å². The Kier molecular flexibility index (Phi) is 5.43. The number of nitrogens with zero attached hydrogens (tertiary/aromatic N) is 1. The molecule has 0 aliphatic heterocycles. The van der Waals surface area contributed by atoms with Crippen molar-refractivity contribution < 1.29 is 24.0 Å². The van der Waals surface area contributed by atoms with Crippen LogP contribution in [0.1, 0.15) is 18.6 Å². The number of nitro benzene ring substituents is 1. The molecule has 0 fully saturated rings. The molecule has 1 atom stereocenters. The molecular formula is C13H12ClNO6. The van der Waals surface area contributed by atoms with Crippen LogP contribution in [0.5, 0.6) is 0 Å². The first-order valence-corrected chi connectivity index (χ1v) is 6.04. The van der Waals surface area contributed by atoms with Gasteiger partial charge in [0.15, 0.2) is 6.10 Å². The number of hydrogen-bond acceptors (Lipinski definition) is 6. The fourth-order valence-corrected chi connectivity index (χ4v) is 1.81. The molecule has 8 heteroatoms. The molecule has 7 nitrogen and oxygen atoms in total. The summed E-state index contributed by atoms with van der Waals surface area (Å²) in [6.45, 7) is 4.57. The lowest BCUT2D eigenvalue weighted by atomic mass is 10.0. The van der Waals surface area contributed by atoms with Crippen LogP contribution in [0.3, 0.4) is 0 Å². The zero-order valence-corrected chi connectivity index (χ0v) is 12.0. The van der Waals surface area contributed by atoms with Gasteiger partial charge in [0.2, 0.25) is 0 Å². The summed E-state index contributed by atoms with van der Waals surface area (Å²) in [4.78, 5) is 33.1. The molecule has 0 aromatic heterocycles. The molecular weight excluding hydrogens is 302 g/mol. The number of methoxy groups -OCH3 is 1. The number of rotatable bonds is 5. The lowest BCUT2D eigenvalue weighted by Crippen LogP contribution is -2.18. The van der Waals surface area contributed by atoms with Crippen molar-refractivity contribution in [3.8, 4) is 0 Å². The highest BCUT2D eigenvalue weighted by Crippen LogP contribution is 2.34. The van der Waals surface area contributed by atoms with Gasteiger partial charge in [0.05, 0.1) is 23.2 Å². The maximum absolute atomic E-state index is 11.6. The standard InChI is InChI=1S/C13H12ClNO6/c1-7(13(17)20-3)12(21-8(2)16)10-6-9(14)4-5-11(10)15(18)19/h4-6,12H,1H2,2-3H3. The van der Waals surface area contributed by atoms with E-state index in [1.54, 1.807) is 0 Å². The maximum atomic E-state index is 11.6. The molecule has 0 N–H and O–H groups in total. The first kappa shape index (κ1) is 16.6. The molecule has 1 aromatic rings. The smallest absolute Gasteiger partial charge is 0.337 e. The average Bonchev–Trinajstić information content (AvgIpc) is 2.42. The fraction of sp³-hybridized carbons (Fsp3) is 0.231. The number of halogens is 1. The highest BCUT2D eigenvalue weighted by Gasteiger charge is 2.31. The van der Waals surface area contributed by atoms with Crippen molar-refractivity contribution in [2.75, 3.05) is 7.11 Å². The Hall–Kier alpha value is -2.41. The first-order chi connectivity index (χ1) is 9.77. The van der Waals surface area contributed by atoms with Crippen molar-refractivity contribution in [1.82, 2.24) is 0 Å². The largest absolute Gasteiger partial charge is 0.466 e. The summed E-state index contributed by atoms with van der Waals surface area (Å²) in [6.07, 6.45) is -1.35. The number of carbonyl (C=O) groups excluding carboxylic acids is 2. The predicted molar refractivity (Wildman–Crippen MR) is 73.8 cm³/mol. The third kappa shape index (κ3) is 4.03. The van der Waals surface area contributed by atoms with Gasteiger partial charge in [-0.1, -0.05) is 18.2 Å². The van der Waals surface area contributed by atoms with Gasteiger partial charge in [0.25, 0.3) is 5.69 Å². The molecule has 1 rings (SSSR count). The molecule has 0 amide bonds. The van der Waals surface area contributed by atoms with E-state index in [0.29, 0.717) is 0 Å². The molecule has 1 unspecified atom stereocenters. The number of nitro groups is 1. The minimum Gasteiger partial charge on any atom is -0.466 e. The van der Waals surface area contributed by atoms with Crippen LogP contribution in [0.15, 0.2) is 30.4 Å². The highest BCUT2D eigenvalue weighted by molar-refractivity contribution is 6.30. The summed E-state index contributed by atoms with van der Waals surface area (Å²) in [6, 6.07) is 3.70. The van der Waals surface area contributed by atoms with Gasteiger partial charge in [-0.2, -0.15) is 0 Å². The van der Waals surface area contributed by atoms with Crippen LogP contribution < -0.4 is 0 Å². The third-order valence-corrected chi connectivity index (χ3v) is 2.75. The number of ether oxygens (including phenoxy) is 2. The van der Waals surface area contributed by atoms with Crippen LogP contribution in [0.4, 0.5) is 5.69 Å². The first-order valence-electron chi connectivity index (χ1n) is 5.66. The van der Waals surface area contributed by atoms with E-state index in [0.717, 1.165) is 20.1 Å². The zero-order chi connectivity index (χ0) is 16.2. The lowest BCUT2D eigenvalue weighted by molar-refractivity contribution is -0.386. The number of benzene rings is 1. The molecule has 0 bridgehead atoms. The van der Waals surface area contributed by atoms with Crippen molar-refractivity contribution in [3.63, 3.8) is 0 Å². The molecule has 0 radical (unpaired) electrons. The second-order valence-electron chi connectivity index (χ2n) is 3.97. The van der Waals surface area contributed by atoms with E-state index in [-0.39, 0.29) is 21.8 Å². The van der Waals surface area contributed by atoms with Gasteiger partial charge in [-0.15, -0.1) is 0 Å². The van der Waals surface area contributed by atoms with Crippen LogP contribution in [-0.4, -0.2) is 24.0 Å². The topological polar surface area (TPSA) is 95.7 Å². The van der Waals surface area contributed by atoms with E-state index in [9.17, 15) is 19.7 Å². The van der Waals surface area contributed by atoms with Gasteiger partial charge < -0.3 is 9.47 Å². The van der Waals surface area contributed by atoms with Gasteiger partial charge >= 0.3 is 11.9 Å². The summed E-state index contributed by atoms with van der Waals surface area (Å²) < 4.78 is 9.46. The summed E-state index contributed by atoms with van der Waals surface area (Å²) >= 11 is 5.81.